The monoisotopic (exact) mass is 334 g/mol. The van der Waals surface area contributed by atoms with Crippen LogP contribution in [0.25, 0.3) is 0 Å². The summed E-state index contributed by atoms with van der Waals surface area (Å²) >= 11 is 3.11. The summed E-state index contributed by atoms with van der Waals surface area (Å²) in [6, 6.07) is 6.07. The van der Waals surface area contributed by atoms with E-state index in [0.717, 1.165) is 0 Å². The second kappa shape index (κ2) is 4.32. The summed E-state index contributed by atoms with van der Waals surface area (Å²) in [4.78, 5) is 11.2. The number of halogens is 1. The predicted octanol–water partition coefficient (Wildman–Crippen LogP) is 1.20. The molecule has 1 aromatic carbocycles. The fourth-order valence-corrected chi connectivity index (χ4v) is 5.06. The molecular weight excluding hydrogens is 324 g/mol. The van der Waals surface area contributed by atoms with Crippen molar-refractivity contribution in [2.45, 2.75) is 28.6 Å². The van der Waals surface area contributed by atoms with Gasteiger partial charge in [0.1, 0.15) is 0 Å². The highest BCUT2D eigenvalue weighted by Gasteiger charge is 2.60. The van der Waals surface area contributed by atoms with E-state index in [4.69, 9.17) is 0 Å². The van der Waals surface area contributed by atoms with Crippen LogP contribution in [0.15, 0.2) is 33.6 Å². The van der Waals surface area contributed by atoms with Crippen molar-refractivity contribution in [3.05, 3.63) is 28.7 Å². The lowest BCUT2D eigenvalue weighted by Crippen LogP contribution is -2.58. The van der Waals surface area contributed by atoms with E-state index in [1.54, 1.807) is 6.07 Å². The molecule has 1 fully saturated rings. The van der Waals surface area contributed by atoms with Gasteiger partial charge in [0.25, 0.3) is 0 Å². The molecule has 0 heterocycles. The molecule has 0 bridgehead atoms. The quantitative estimate of drug-likeness (QED) is 0.866. The molecule has 5 nitrogen and oxygen atoms in total. The largest absolute Gasteiger partial charge is 0.480 e. The third-order valence-electron chi connectivity index (χ3n) is 3.16. The third-order valence-corrected chi connectivity index (χ3v) is 6.59. The zero-order valence-electron chi connectivity index (χ0n) is 9.21. The average Bonchev–Trinajstić information content (AvgIpc) is 2.24. The molecule has 0 radical (unpaired) electrons. The third kappa shape index (κ3) is 1.77. The zero-order chi connectivity index (χ0) is 13.6. The van der Waals surface area contributed by atoms with E-state index in [-0.39, 0.29) is 17.7 Å². The summed E-state index contributed by atoms with van der Waals surface area (Å²) in [5.41, 5.74) is 0. The molecule has 1 aliphatic carbocycles. The molecule has 0 aromatic heterocycles. The Morgan fingerprint density at radius 1 is 1.33 bits per heavy atom. The number of hydrogen-bond acceptors (Lipinski definition) is 4. The van der Waals surface area contributed by atoms with Gasteiger partial charge in [0.05, 0.1) is 11.0 Å². The maximum atomic E-state index is 12.4. The summed E-state index contributed by atoms with van der Waals surface area (Å²) in [5.74, 6) is -1.41. The van der Waals surface area contributed by atoms with E-state index >= 15 is 0 Å². The van der Waals surface area contributed by atoms with Gasteiger partial charge in [-0.1, -0.05) is 12.1 Å². The highest BCUT2D eigenvalue weighted by Crippen LogP contribution is 2.44. The Morgan fingerprint density at radius 2 is 1.89 bits per heavy atom. The van der Waals surface area contributed by atoms with Gasteiger partial charge in [-0.3, -0.25) is 4.79 Å². The van der Waals surface area contributed by atoms with Crippen molar-refractivity contribution in [1.82, 2.24) is 0 Å². The maximum absolute atomic E-state index is 12.4. The fraction of sp³-hybridized carbons (Fsp3) is 0.364. The van der Waals surface area contributed by atoms with Gasteiger partial charge in [0, 0.05) is 17.3 Å². The normalized spacial score (nSPS) is 27.6. The van der Waals surface area contributed by atoms with Crippen LogP contribution in [0.4, 0.5) is 0 Å². The van der Waals surface area contributed by atoms with Crippen LogP contribution in [0.5, 0.6) is 0 Å². The number of sulfone groups is 1. The molecule has 0 unspecified atom stereocenters. The lowest BCUT2D eigenvalue weighted by molar-refractivity contribution is -0.146. The molecule has 98 valence electrons. The van der Waals surface area contributed by atoms with Crippen molar-refractivity contribution in [3.8, 4) is 0 Å². The van der Waals surface area contributed by atoms with E-state index in [2.05, 4.69) is 15.9 Å². The number of hydrogen-bond donors (Lipinski definition) is 2. The molecule has 0 spiro atoms. The molecule has 0 amide bonds. The molecular formula is C11H11BrO5S. The van der Waals surface area contributed by atoms with E-state index in [1.807, 2.05) is 0 Å². The minimum absolute atomic E-state index is 0.0562. The molecule has 0 saturated heterocycles. The predicted molar refractivity (Wildman–Crippen MR) is 66.9 cm³/mol. The molecule has 7 heteroatoms. The van der Waals surface area contributed by atoms with Gasteiger partial charge in [-0.15, -0.1) is 0 Å². The Bertz CT molecular complexity index is 589. The molecule has 1 aromatic rings. The summed E-state index contributed by atoms with van der Waals surface area (Å²) in [5, 5.41) is 18.5. The first kappa shape index (κ1) is 13.5. The van der Waals surface area contributed by atoms with Gasteiger partial charge in [0.15, 0.2) is 14.6 Å². The van der Waals surface area contributed by atoms with Crippen molar-refractivity contribution in [1.29, 1.82) is 0 Å². The van der Waals surface area contributed by atoms with E-state index in [9.17, 15) is 23.4 Å². The lowest BCUT2D eigenvalue weighted by atomic mass is 9.81. The van der Waals surface area contributed by atoms with Crippen LogP contribution in [-0.4, -0.2) is 35.5 Å². The maximum Gasteiger partial charge on any atom is 0.325 e. The number of aliphatic carboxylic acids is 1. The molecule has 1 saturated carbocycles. The number of aliphatic hydroxyl groups is 1. The smallest absolute Gasteiger partial charge is 0.325 e. The number of benzene rings is 1. The second-order valence-corrected chi connectivity index (χ2v) is 7.38. The van der Waals surface area contributed by atoms with Gasteiger partial charge in [0.2, 0.25) is 0 Å². The number of carboxylic acid groups (broad SMARTS) is 1. The van der Waals surface area contributed by atoms with Crippen molar-refractivity contribution in [3.63, 3.8) is 0 Å². The first-order valence-corrected chi connectivity index (χ1v) is 7.49. The minimum Gasteiger partial charge on any atom is -0.480 e. The van der Waals surface area contributed by atoms with Gasteiger partial charge in [-0.05, 0) is 28.1 Å². The Hall–Kier alpha value is -0.920. The van der Waals surface area contributed by atoms with Crippen LogP contribution in [0.2, 0.25) is 0 Å². The van der Waals surface area contributed by atoms with Gasteiger partial charge >= 0.3 is 5.97 Å². The van der Waals surface area contributed by atoms with Crippen LogP contribution in [-0.2, 0) is 14.6 Å². The molecule has 2 rings (SSSR count). The Balaban J connectivity index is 2.56. The van der Waals surface area contributed by atoms with Crippen LogP contribution in [0.3, 0.4) is 0 Å². The molecule has 0 aliphatic heterocycles. The topological polar surface area (TPSA) is 91.7 Å². The van der Waals surface area contributed by atoms with Crippen LogP contribution >= 0.6 is 15.9 Å². The van der Waals surface area contributed by atoms with Crippen LogP contribution < -0.4 is 0 Å². The molecule has 2 N–H and O–H groups in total. The SMILES string of the molecule is O=C(O)C1(S(=O)(=O)c2ccccc2Br)CC(O)C1. The van der Waals surface area contributed by atoms with Crippen molar-refractivity contribution >= 4 is 31.7 Å². The highest BCUT2D eigenvalue weighted by atomic mass is 79.9. The summed E-state index contributed by atoms with van der Waals surface area (Å²) in [6.45, 7) is 0. The van der Waals surface area contributed by atoms with Gasteiger partial charge < -0.3 is 10.2 Å². The van der Waals surface area contributed by atoms with Gasteiger partial charge in [-0.2, -0.15) is 0 Å². The van der Waals surface area contributed by atoms with Crippen LogP contribution in [0.1, 0.15) is 12.8 Å². The number of carboxylic acids is 1. The Labute approximate surface area is 112 Å². The number of aliphatic hydroxyl groups excluding tert-OH is 1. The molecule has 18 heavy (non-hydrogen) atoms. The Kier molecular flexibility index (Phi) is 3.25. The minimum atomic E-state index is -4.03. The molecule has 0 atom stereocenters. The summed E-state index contributed by atoms with van der Waals surface area (Å²) in [7, 11) is -4.03. The van der Waals surface area contributed by atoms with E-state index in [0.29, 0.717) is 4.47 Å². The second-order valence-electron chi connectivity index (χ2n) is 4.30. The van der Waals surface area contributed by atoms with Crippen molar-refractivity contribution in [2.75, 3.05) is 0 Å². The number of rotatable bonds is 3. The highest BCUT2D eigenvalue weighted by molar-refractivity contribution is 9.10. The number of carbonyl (C=O) groups is 1. The standard InChI is InChI=1S/C11H11BrO5S/c12-8-3-1-2-4-9(8)18(16,17)11(10(14)15)5-7(13)6-11/h1-4,7,13H,5-6H2,(H,14,15). The zero-order valence-corrected chi connectivity index (χ0v) is 11.6. The Morgan fingerprint density at radius 3 is 2.33 bits per heavy atom. The molecule has 1 aliphatic rings. The lowest BCUT2D eigenvalue weighted by Gasteiger charge is -2.40. The van der Waals surface area contributed by atoms with Gasteiger partial charge in [-0.25, -0.2) is 8.42 Å². The first-order chi connectivity index (χ1) is 8.31. The fourth-order valence-electron chi connectivity index (χ4n) is 2.08. The summed E-state index contributed by atoms with van der Waals surface area (Å²) in [6.07, 6.45) is -1.42. The van der Waals surface area contributed by atoms with E-state index < -0.39 is 26.7 Å². The van der Waals surface area contributed by atoms with E-state index in [1.165, 1.54) is 18.2 Å². The first-order valence-electron chi connectivity index (χ1n) is 5.22. The summed E-state index contributed by atoms with van der Waals surface area (Å²) < 4.78 is 23.3. The average molecular weight is 335 g/mol. The van der Waals surface area contributed by atoms with Crippen LogP contribution in [0, 0.1) is 0 Å². The van der Waals surface area contributed by atoms with Crippen molar-refractivity contribution in [2.24, 2.45) is 0 Å². The van der Waals surface area contributed by atoms with Crippen molar-refractivity contribution < 1.29 is 23.4 Å².